The molecule has 0 atom stereocenters. The topological polar surface area (TPSA) is 83.8 Å². The first kappa shape index (κ1) is 12.6. The molecule has 0 fully saturated rings. The Morgan fingerprint density at radius 1 is 1.55 bits per heavy atom. The molecule has 7 heteroatoms. The number of aromatic amines is 1. The van der Waals surface area contributed by atoms with Gasteiger partial charge < -0.3 is 9.73 Å². The van der Waals surface area contributed by atoms with Crippen molar-refractivity contribution in [1.82, 2.24) is 15.2 Å². The molecule has 3 rings (SSSR count). The maximum atomic E-state index is 11.9. The standard InChI is InChI=1S/C13H12N4O2S/c1-8-6-14-17-12(8)16-11(18)5-9-7-20-13(15-9)10-3-2-4-19-10/h2-4,6-7H,5H2,1H3,(H2,14,16,17,18). The van der Waals surface area contributed by atoms with Crippen LogP contribution in [0, 0.1) is 6.92 Å². The van der Waals surface area contributed by atoms with Gasteiger partial charge in [0, 0.05) is 10.9 Å². The van der Waals surface area contributed by atoms with E-state index in [9.17, 15) is 4.79 Å². The van der Waals surface area contributed by atoms with E-state index in [1.807, 2.05) is 24.4 Å². The Balaban J connectivity index is 1.66. The number of H-pyrrole nitrogens is 1. The second kappa shape index (κ2) is 5.30. The molecule has 0 saturated heterocycles. The van der Waals surface area contributed by atoms with Crippen LogP contribution in [0.15, 0.2) is 34.4 Å². The number of furan rings is 1. The van der Waals surface area contributed by atoms with Crippen molar-refractivity contribution in [2.24, 2.45) is 0 Å². The normalized spacial score (nSPS) is 10.7. The SMILES string of the molecule is Cc1cn[nH]c1NC(=O)Cc1csc(-c2ccco2)n1. The highest BCUT2D eigenvalue weighted by Gasteiger charge is 2.11. The van der Waals surface area contributed by atoms with Crippen LogP contribution < -0.4 is 5.32 Å². The van der Waals surface area contributed by atoms with Crippen LogP contribution >= 0.6 is 11.3 Å². The highest BCUT2D eigenvalue weighted by atomic mass is 32.1. The molecule has 0 aliphatic heterocycles. The van der Waals surface area contributed by atoms with Gasteiger partial charge in [0.25, 0.3) is 0 Å². The van der Waals surface area contributed by atoms with Gasteiger partial charge in [-0.2, -0.15) is 5.10 Å². The van der Waals surface area contributed by atoms with Gasteiger partial charge >= 0.3 is 0 Å². The van der Waals surface area contributed by atoms with Crippen molar-refractivity contribution in [1.29, 1.82) is 0 Å². The van der Waals surface area contributed by atoms with Gasteiger partial charge in [0.2, 0.25) is 5.91 Å². The minimum Gasteiger partial charge on any atom is -0.462 e. The summed E-state index contributed by atoms with van der Waals surface area (Å²) in [6.45, 7) is 1.87. The van der Waals surface area contributed by atoms with Crippen molar-refractivity contribution in [2.45, 2.75) is 13.3 Å². The van der Waals surface area contributed by atoms with Gasteiger partial charge in [0.1, 0.15) is 5.82 Å². The molecule has 20 heavy (non-hydrogen) atoms. The largest absolute Gasteiger partial charge is 0.462 e. The van der Waals surface area contributed by atoms with E-state index in [-0.39, 0.29) is 12.3 Å². The fraction of sp³-hybridized carbons (Fsp3) is 0.154. The van der Waals surface area contributed by atoms with Gasteiger partial charge in [-0.1, -0.05) is 0 Å². The molecule has 102 valence electrons. The maximum absolute atomic E-state index is 11.9. The predicted molar refractivity (Wildman–Crippen MR) is 75.5 cm³/mol. The van der Waals surface area contributed by atoms with Gasteiger partial charge in [-0.05, 0) is 19.1 Å². The third kappa shape index (κ3) is 2.62. The molecule has 0 aliphatic rings. The zero-order chi connectivity index (χ0) is 13.9. The monoisotopic (exact) mass is 288 g/mol. The molecule has 0 aliphatic carbocycles. The molecule has 2 N–H and O–H groups in total. The number of aromatic nitrogens is 3. The second-order valence-electron chi connectivity index (χ2n) is 4.27. The van der Waals surface area contributed by atoms with Crippen molar-refractivity contribution in [3.05, 3.63) is 41.2 Å². The van der Waals surface area contributed by atoms with Gasteiger partial charge in [-0.3, -0.25) is 9.89 Å². The molecule has 3 aromatic heterocycles. The maximum Gasteiger partial charge on any atom is 0.231 e. The molecule has 3 aromatic rings. The highest BCUT2D eigenvalue weighted by Crippen LogP contribution is 2.24. The van der Waals surface area contributed by atoms with Crippen LogP contribution in [0.25, 0.3) is 10.8 Å². The Kier molecular flexibility index (Phi) is 3.34. The van der Waals surface area contributed by atoms with Crippen LogP contribution in [-0.2, 0) is 11.2 Å². The van der Waals surface area contributed by atoms with E-state index in [1.165, 1.54) is 11.3 Å². The molecular weight excluding hydrogens is 276 g/mol. The number of carbonyl (C=O) groups is 1. The number of hydrogen-bond acceptors (Lipinski definition) is 5. The number of thiazole rings is 1. The summed E-state index contributed by atoms with van der Waals surface area (Å²) in [4.78, 5) is 16.3. The van der Waals surface area contributed by atoms with Crippen LogP contribution in [0.3, 0.4) is 0 Å². The van der Waals surface area contributed by atoms with Crippen LogP contribution in [-0.4, -0.2) is 21.1 Å². The minimum absolute atomic E-state index is 0.131. The Hall–Kier alpha value is -2.41. The average Bonchev–Trinajstić information content (AvgIpc) is 3.12. The fourth-order valence-electron chi connectivity index (χ4n) is 1.72. The summed E-state index contributed by atoms with van der Waals surface area (Å²) in [6.07, 6.45) is 3.48. The fourth-order valence-corrected chi connectivity index (χ4v) is 2.51. The van der Waals surface area contributed by atoms with E-state index >= 15 is 0 Å². The second-order valence-corrected chi connectivity index (χ2v) is 5.13. The summed E-state index contributed by atoms with van der Waals surface area (Å²) < 4.78 is 5.27. The lowest BCUT2D eigenvalue weighted by Crippen LogP contribution is -2.15. The molecular formula is C13H12N4O2S. The Morgan fingerprint density at radius 2 is 2.45 bits per heavy atom. The lowest BCUT2D eigenvalue weighted by molar-refractivity contribution is -0.115. The third-order valence-electron chi connectivity index (χ3n) is 2.72. The molecule has 0 bridgehead atoms. The average molecular weight is 288 g/mol. The minimum atomic E-state index is -0.131. The van der Waals surface area contributed by atoms with Crippen molar-refractivity contribution in [2.75, 3.05) is 5.32 Å². The predicted octanol–water partition coefficient (Wildman–Crippen LogP) is 2.62. The highest BCUT2D eigenvalue weighted by molar-refractivity contribution is 7.13. The number of amides is 1. The number of carbonyl (C=O) groups excluding carboxylic acids is 1. The van der Waals surface area contributed by atoms with Crippen LogP contribution in [0.5, 0.6) is 0 Å². The lowest BCUT2D eigenvalue weighted by atomic mass is 10.3. The summed E-state index contributed by atoms with van der Waals surface area (Å²) in [5, 5.41) is 12.0. The van der Waals surface area contributed by atoms with Crippen molar-refractivity contribution < 1.29 is 9.21 Å². The molecule has 0 saturated carbocycles. The van der Waals surface area contributed by atoms with Crippen molar-refractivity contribution in [3.8, 4) is 10.8 Å². The van der Waals surface area contributed by atoms with E-state index in [0.29, 0.717) is 11.6 Å². The summed E-state index contributed by atoms with van der Waals surface area (Å²) >= 11 is 1.46. The van der Waals surface area contributed by atoms with Gasteiger partial charge in [-0.25, -0.2) is 4.98 Å². The van der Waals surface area contributed by atoms with Crippen LogP contribution in [0.1, 0.15) is 11.3 Å². The van der Waals surface area contributed by atoms with E-state index in [4.69, 9.17) is 4.42 Å². The first-order chi connectivity index (χ1) is 9.72. The summed E-state index contributed by atoms with van der Waals surface area (Å²) in [7, 11) is 0. The molecule has 3 heterocycles. The third-order valence-corrected chi connectivity index (χ3v) is 3.62. The number of anilines is 1. The Morgan fingerprint density at radius 3 is 3.15 bits per heavy atom. The smallest absolute Gasteiger partial charge is 0.231 e. The summed E-state index contributed by atoms with van der Waals surface area (Å²) in [5.74, 6) is 1.20. The first-order valence-electron chi connectivity index (χ1n) is 6.00. The van der Waals surface area contributed by atoms with E-state index in [1.54, 1.807) is 12.5 Å². The van der Waals surface area contributed by atoms with Crippen molar-refractivity contribution in [3.63, 3.8) is 0 Å². The van der Waals surface area contributed by atoms with E-state index < -0.39 is 0 Å². The molecule has 0 unspecified atom stereocenters. The van der Waals surface area contributed by atoms with Crippen LogP contribution in [0.4, 0.5) is 5.82 Å². The Bertz CT molecular complexity index is 714. The molecule has 0 spiro atoms. The van der Waals surface area contributed by atoms with Gasteiger partial charge in [-0.15, -0.1) is 11.3 Å². The van der Waals surface area contributed by atoms with E-state index in [2.05, 4.69) is 20.5 Å². The number of aryl methyl sites for hydroxylation is 1. The zero-order valence-corrected chi connectivity index (χ0v) is 11.5. The summed E-state index contributed by atoms with van der Waals surface area (Å²) in [6, 6.07) is 3.65. The Labute approximate surface area is 118 Å². The van der Waals surface area contributed by atoms with Crippen molar-refractivity contribution >= 4 is 23.1 Å². The molecule has 6 nitrogen and oxygen atoms in total. The van der Waals surface area contributed by atoms with Gasteiger partial charge in [0.15, 0.2) is 10.8 Å². The number of hydrogen-bond donors (Lipinski definition) is 2. The first-order valence-corrected chi connectivity index (χ1v) is 6.88. The molecule has 0 radical (unpaired) electrons. The van der Waals surface area contributed by atoms with E-state index in [0.717, 1.165) is 16.3 Å². The van der Waals surface area contributed by atoms with Crippen LogP contribution in [0.2, 0.25) is 0 Å². The number of nitrogens with one attached hydrogen (secondary N) is 2. The number of rotatable bonds is 4. The molecule has 0 aromatic carbocycles. The summed E-state index contributed by atoms with van der Waals surface area (Å²) in [5.41, 5.74) is 1.61. The number of nitrogens with zero attached hydrogens (tertiary/aromatic N) is 2. The molecule has 1 amide bonds. The zero-order valence-electron chi connectivity index (χ0n) is 10.7. The quantitative estimate of drug-likeness (QED) is 0.773. The lowest BCUT2D eigenvalue weighted by Gasteiger charge is -2.01. The van der Waals surface area contributed by atoms with Gasteiger partial charge in [0.05, 0.1) is 24.6 Å².